The van der Waals surface area contributed by atoms with E-state index < -0.39 is 29.7 Å². The number of rotatable bonds is 11. The third-order valence-electron chi connectivity index (χ3n) is 5.83. The van der Waals surface area contributed by atoms with Gasteiger partial charge in [-0.1, -0.05) is 74.5 Å². The van der Waals surface area contributed by atoms with Crippen LogP contribution in [0.15, 0.2) is 61.2 Å². The Kier molecular flexibility index (Phi) is 10.9. The van der Waals surface area contributed by atoms with Crippen molar-refractivity contribution < 1.29 is 19.1 Å². The van der Waals surface area contributed by atoms with Gasteiger partial charge in [0.05, 0.1) is 0 Å². The maximum Gasteiger partial charge on any atom is 0.408 e. The topological polar surface area (TPSA) is 87.7 Å². The molecule has 2 rings (SSSR count). The van der Waals surface area contributed by atoms with Crippen molar-refractivity contribution in [3.05, 3.63) is 77.9 Å². The minimum Gasteiger partial charge on any atom is -0.444 e. The normalized spacial score (nSPS) is 13.6. The van der Waals surface area contributed by atoms with Gasteiger partial charge >= 0.3 is 6.09 Å². The molecule has 0 bridgehead atoms. The number of nitrogens with one attached hydrogen (secondary N) is 2. The van der Waals surface area contributed by atoms with E-state index in [4.69, 9.17) is 4.74 Å². The van der Waals surface area contributed by atoms with Crippen molar-refractivity contribution in [2.45, 2.75) is 77.6 Å². The molecule has 0 heterocycles. The van der Waals surface area contributed by atoms with Crippen molar-refractivity contribution in [2.24, 2.45) is 0 Å². The number of hydrogen-bond acceptors (Lipinski definition) is 4. The van der Waals surface area contributed by atoms with E-state index >= 15 is 0 Å². The first-order valence-corrected chi connectivity index (χ1v) is 12.8. The van der Waals surface area contributed by atoms with Crippen LogP contribution in [0, 0.1) is 0 Å². The number of carbonyl (C=O) groups excluding carboxylic acids is 3. The molecular weight excluding hydrogens is 466 g/mol. The summed E-state index contributed by atoms with van der Waals surface area (Å²) in [5.41, 5.74) is 1.64. The molecule has 2 N–H and O–H groups in total. The molecule has 7 heteroatoms. The highest BCUT2D eigenvalue weighted by Crippen LogP contribution is 2.24. The molecule has 0 fully saturated rings. The van der Waals surface area contributed by atoms with Crippen LogP contribution in [0.4, 0.5) is 4.79 Å². The third kappa shape index (κ3) is 9.41. The molecule has 200 valence electrons. The van der Waals surface area contributed by atoms with Gasteiger partial charge in [0.25, 0.3) is 0 Å². The van der Waals surface area contributed by atoms with Crippen molar-refractivity contribution >= 4 is 24.0 Å². The summed E-state index contributed by atoms with van der Waals surface area (Å²) in [6, 6.07) is 14.9. The smallest absolute Gasteiger partial charge is 0.408 e. The van der Waals surface area contributed by atoms with Gasteiger partial charge in [0.2, 0.25) is 11.8 Å². The highest BCUT2D eigenvalue weighted by molar-refractivity contribution is 5.92. The standard InChI is InChI=1S/C30H41N3O4/c1-8-14-21(3)31-27(34)26(24-18-13-17-22(9-2)19-24)33(7)28(35)25(20-23-15-11-10-12-16-23)32-29(36)37-30(4,5)6/h9-13,15-19,21,25-26H,2,8,14,20H2,1,3-7H3,(H,31,34)(H,32,36). The van der Waals surface area contributed by atoms with Gasteiger partial charge in [-0.05, 0) is 56.9 Å². The predicted octanol–water partition coefficient (Wildman–Crippen LogP) is 5.27. The van der Waals surface area contributed by atoms with Gasteiger partial charge in [-0.15, -0.1) is 0 Å². The summed E-state index contributed by atoms with van der Waals surface area (Å²) >= 11 is 0. The van der Waals surface area contributed by atoms with Crippen LogP contribution in [-0.2, 0) is 20.7 Å². The first kappa shape index (κ1) is 29.6. The van der Waals surface area contributed by atoms with Crippen molar-refractivity contribution in [3.63, 3.8) is 0 Å². The van der Waals surface area contributed by atoms with Gasteiger partial charge in [-0.3, -0.25) is 9.59 Å². The van der Waals surface area contributed by atoms with Gasteiger partial charge in [-0.25, -0.2) is 4.79 Å². The maximum absolute atomic E-state index is 13.9. The summed E-state index contributed by atoms with van der Waals surface area (Å²) in [6.07, 6.45) is 2.99. The summed E-state index contributed by atoms with van der Waals surface area (Å²) in [6.45, 7) is 13.1. The minimum absolute atomic E-state index is 0.0499. The van der Waals surface area contributed by atoms with E-state index in [0.717, 1.165) is 24.0 Å². The first-order valence-electron chi connectivity index (χ1n) is 12.8. The molecule has 0 aliphatic rings. The van der Waals surface area contributed by atoms with Gasteiger partial charge in [0.15, 0.2) is 0 Å². The number of likely N-dealkylation sites (N-methyl/N-ethyl adjacent to an activating group) is 1. The van der Waals surface area contributed by atoms with Crippen LogP contribution in [0.5, 0.6) is 0 Å². The van der Waals surface area contributed by atoms with Gasteiger partial charge in [0.1, 0.15) is 17.7 Å². The third-order valence-corrected chi connectivity index (χ3v) is 5.83. The number of benzene rings is 2. The Hall–Kier alpha value is -3.61. The van der Waals surface area contributed by atoms with Gasteiger partial charge < -0.3 is 20.3 Å². The molecule has 0 radical (unpaired) electrons. The molecule has 3 amide bonds. The predicted molar refractivity (Wildman–Crippen MR) is 148 cm³/mol. The average molecular weight is 508 g/mol. The SMILES string of the molecule is C=Cc1cccc(C(C(=O)NC(C)CCC)N(C)C(=O)C(Cc2ccccc2)NC(=O)OC(C)(C)C)c1. The number of ether oxygens (including phenoxy) is 1. The quantitative estimate of drug-likeness (QED) is 0.434. The van der Waals surface area contributed by atoms with E-state index in [9.17, 15) is 14.4 Å². The fourth-order valence-corrected chi connectivity index (χ4v) is 4.11. The Morgan fingerprint density at radius 1 is 1.05 bits per heavy atom. The Balaban J connectivity index is 2.42. The highest BCUT2D eigenvalue weighted by atomic mass is 16.6. The largest absolute Gasteiger partial charge is 0.444 e. The lowest BCUT2D eigenvalue weighted by Gasteiger charge is -2.32. The lowest BCUT2D eigenvalue weighted by Crippen LogP contribution is -2.53. The average Bonchev–Trinajstić information content (AvgIpc) is 2.83. The van der Waals surface area contributed by atoms with Crippen molar-refractivity contribution in [1.29, 1.82) is 0 Å². The number of amides is 3. The molecule has 0 aromatic heterocycles. The second kappa shape index (κ2) is 13.6. The summed E-state index contributed by atoms with van der Waals surface area (Å²) in [5, 5.41) is 5.77. The fourth-order valence-electron chi connectivity index (χ4n) is 4.11. The highest BCUT2D eigenvalue weighted by Gasteiger charge is 2.34. The molecule has 0 aliphatic heterocycles. The maximum atomic E-state index is 13.9. The van der Waals surface area contributed by atoms with Crippen LogP contribution in [-0.4, -0.2) is 47.5 Å². The van der Waals surface area contributed by atoms with E-state index in [2.05, 4.69) is 24.1 Å². The molecule has 3 atom stereocenters. The number of hydrogen-bond donors (Lipinski definition) is 2. The summed E-state index contributed by atoms with van der Waals surface area (Å²) in [7, 11) is 1.59. The molecular formula is C30H41N3O4. The Bertz CT molecular complexity index is 1060. The zero-order valence-corrected chi connectivity index (χ0v) is 22.9. The Morgan fingerprint density at radius 2 is 1.73 bits per heavy atom. The number of carbonyl (C=O) groups is 3. The van der Waals surface area contributed by atoms with Crippen LogP contribution in [0.1, 0.15) is 70.2 Å². The van der Waals surface area contributed by atoms with E-state index in [-0.39, 0.29) is 18.4 Å². The molecule has 37 heavy (non-hydrogen) atoms. The zero-order valence-electron chi connectivity index (χ0n) is 22.9. The summed E-state index contributed by atoms with van der Waals surface area (Å²) < 4.78 is 5.43. The lowest BCUT2D eigenvalue weighted by atomic mass is 9.99. The van der Waals surface area contributed by atoms with Crippen LogP contribution < -0.4 is 10.6 Å². The van der Waals surface area contributed by atoms with Crippen LogP contribution in [0.25, 0.3) is 6.08 Å². The fraction of sp³-hybridized carbons (Fsp3) is 0.433. The zero-order chi connectivity index (χ0) is 27.6. The molecule has 0 saturated heterocycles. The van der Waals surface area contributed by atoms with E-state index in [1.54, 1.807) is 33.9 Å². The van der Waals surface area contributed by atoms with Crippen molar-refractivity contribution in [3.8, 4) is 0 Å². The van der Waals surface area contributed by atoms with Crippen LogP contribution in [0.2, 0.25) is 0 Å². The summed E-state index contributed by atoms with van der Waals surface area (Å²) in [5.74, 6) is -0.684. The van der Waals surface area contributed by atoms with Gasteiger partial charge in [0, 0.05) is 19.5 Å². The molecule has 7 nitrogen and oxygen atoms in total. The molecule has 3 unspecified atom stereocenters. The molecule has 2 aromatic rings. The number of alkyl carbamates (subject to hydrolysis) is 1. The molecule has 0 aliphatic carbocycles. The summed E-state index contributed by atoms with van der Waals surface area (Å²) in [4.78, 5) is 41.5. The van der Waals surface area contributed by atoms with E-state index in [1.165, 1.54) is 4.90 Å². The van der Waals surface area contributed by atoms with Crippen LogP contribution >= 0.6 is 0 Å². The first-order chi connectivity index (χ1) is 17.4. The monoisotopic (exact) mass is 507 g/mol. The molecule has 0 spiro atoms. The minimum atomic E-state index is -0.937. The lowest BCUT2D eigenvalue weighted by molar-refractivity contribution is -0.141. The Labute approximate surface area is 221 Å². The van der Waals surface area contributed by atoms with Gasteiger partial charge in [-0.2, -0.15) is 0 Å². The van der Waals surface area contributed by atoms with Crippen molar-refractivity contribution in [1.82, 2.24) is 15.5 Å². The second-order valence-electron chi connectivity index (χ2n) is 10.3. The van der Waals surface area contributed by atoms with Crippen molar-refractivity contribution in [2.75, 3.05) is 7.05 Å². The number of nitrogens with zero attached hydrogens (tertiary/aromatic N) is 1. The van der Waals surface area contributed by atoms with E-state index in [1.807, 2.05) is 61.5 Å². The molecule has 2 aromatic carbocycles. The van der Waals surface area contributed by atoms with E-state index in [0.29, 0.717) is 5.56 Å². The Morgan fingerprint density at radius 3 is 2.32 bits per heavy atom. The van der Waals surface area contributed by atoms with Crippen LogP contribution in [0.3, 0.4) is 0 Å². The second-order valence-corrected chi connectivity index (χ2v) is 10.3. The molecule has 0 saturated carbocycles.